The predicted octanol–water partition coefficient (Wildman–Crippen LogP) is 2.45. The van der Waals surface area contributed by atoms with Crippen molar-refractivity contribution in [2.45, 2.75) is 50.9 Å². The van der Waals surface area contributed by atoms with Crippen LogP contribution in [0.1, 0.15) is 30.7 Å². The summed E-state index contributed by atoms with van der Waals surface area (Å²) in [6.45, 7) is 6.39. The number of rotatable bonds is 5. The van der Waals surface area contributed by atoms with E-state index in [4.69, 9.17) is 4.74 Å². The summed E-state index contributed by atoms with van der Waals surface area (Å²) in [7, 11) is 0. The van der Waals surface area contributed by atoms with Crippen molar-refractivity contribution < 1.29 is 9.53 Å². The number of hydrogen-bond acceptors (Lipinski definition) is 5. The van der Waals surface area contributed by atoms with Crippen LogP contribution in [0.5, 0.6) is 0 Å². The topological polar surface area (TPSA) is 54.5 Å². The van der Waals surface area contributed by atoms with Crippen molar-refractivity contribution in [1.82, 2.24) is 15.2 Å². The standard InChI is InChI=1S/C21H27N3O2S/c1-15-11-24(12-16(2)26-15)21(9-17-5-3-4-6-18(17)10-21)20(25)22-8-7-19-13-27-14-23-19/h3-6,13-16H,7-12H2,1-2H3,(H,22,25)/t15-,16+. The van der Waals surface area contributed by atoms with Crippen LogP contribution in [-0.4, -0.2) is 53.2 Å². The number of carbonyl (C=O) groups is 1. The van der Waals surface area contributed by atoms with E-state index in [9.17, 15) is 4.79 Å². The van der Waals surface area contributed by atoms with E-state index in [0.29, 0.717) is 6.54 Å². The first-order valence-electron chi connectivity index (χ1n) is 9.69. The fourth-order valence-electron chi connectivity index (χ4n) is 4.48. The summed E-state index contributed by atoms with van der Waals surface area (Å²) in [5.74, 6) is 0.134. The number of benzene rings is 1. The molecule has 2 atom stereocenters. The normalized spacial score (nSPS) is 24.5. The van der Waals surface area contributed by atoms with Gasteiger partial charge in [-0.2, -0.15) is 0 Å². The number of ether oxygens (including phenoxy) is 1. The summed E-state index contributed by atoms with van der Waals surface area (Å²) >= 11 is 1.59. The zero-order chi connectivity index (χ0) is 18.9. The minimum atomic E-state index is -0.516. The molecule has 0 bridgehead atoms. The van der Waals surface area contributed by atoms with Gasteiger partial charge in [-0.15, -0.1) is 11.3 Å². The van der Waals surface area contributed by atoms with Gasteiger partial charge in [0.15, 0.2) is 0 Å². The quantitative estimate of drug-likeness (QED) is 0.859. The van der Waals surface area contributed by atoms with E-state index in [1.807, 2.05) is 10.9 Å². The van der Waals surface area contributed by atoms with Crippen LogP contribution in [0.3, 0.4) is 0 Å². The van der Waals surface area contributed by atoms with E-state index in [-0.39, 0.29) is 18.1 Å². The largest absolute Gasteiger partial charge is 0.373 e. The van der Waals surface area contributed by atoms with Crippen molar-refractivity contribution in [2.24, 2.45) is 0 Å². The van der Waals surface area contributed by atoms with Crippen LogP contribution in [-0.2, 0) is 28.8 Å². The van der Waals surface area contributed by atoms with E-state index >= 15 is 0 Å². The molecular formula is C21H27N3O2S. The Kier molecular flexibility index (Phi) is 5.30. The van der Waals surface area contributed by atoms with E-state index < -0.39 is 5.54 Å². The summed E-state index contributed by atoms with van der Waals surface area (Å²) in [5.41, 5.74) is 4.94. The molecule has 27 heavy (non-hydrogen) atoms. The molecule has 0 saturated carbocycles. The van der Waals surface area contributed by atoms with Crippen LogP contribution in [0.25, 0.3) is 0 Å². The smallest absolute Gasteiger partial charge is 0.241 e. The first-order chi connectivity index (χ1) is 13.1. The number of aromatic nitrogens is 1. The highest BCUT2D eigenvalue weighted by atomic mass is 32.1. The molecule has 144 valence electrons. The first-order valence-corrected chi connectivity index (χ1v) is 10.6. The summed E-state index contributed by atoms with van der Waals surface area (Å²) in [5, 5.41) is 5.25. The molecule has 1 aromatic carbocycles. The SMILES string of the molecule is C[C@@H]1CN(C2(C(=O)NCCc3cscn3)Cc3ccccc3C2)C[C@H](C)O1. The first kappa shape index (κ1) is 18.6. The molecule has 1 aliphatic carbocycles. The van der Waals surface area contributed by atoms with E-state index in [1.54, 1.807) is 11.3 Å². The predicted molar refractivity (Wildman–Crippen MR) is 107 cm³/mol. The number of fused-ring (bicyclic) bond motifs is 1. The Morgan fingerprint density at radius 1 is 1.26 bits per heavy atom. The van der Waals surface area contributed by atoms with Crippen molar-refractivity contribution in [1.29, 1.82) is 0 Å². The van der Waals surface area contributed by atoms with Crippen LogP contribution in [0.4, 0.5) is 0 Å². The zero-order valence-electron chi connectivity index (χ0n) is 16.0. The van der Waals surface area contributed by atoms with E-state index in [0.717, 1.165) is 38.0 Å². The lowest BCUT2D eigenvalue weighted by Gasteiger charge is -2.45. The maximum atomic E-state index is 13.5. The van der Waals surface area contributed by atoms with Crippen LogP contribution < -0.4 is 5.32 Å². The molecular weight excluding hydrogens is 358 g/mol. The maximum Gasteiger partial charge on any atom is 0.241 e. The highest BCUT2D eigenvalue weighted by Crippen LogP contribution is 2.36. The lowest BCUT2D eigenvalue weighted by molar-refractivity contribution is -0.144. The molecule has 5 nitrogen and oxygen atoms in total. The number of amides is 1. The van der Waals surface area contributed by atoms with Gasteiger partial charge in [0, 0.05) is 44.3 Å². The van der Waals surface area contributed by atoms with Crippen LogP contribution in [0, 0.1) is 0 Å². The van der Waals surface area contributed by atoms with Gasteiger partial charge in [0.05, 0.1) is 23.4 Å². The van der Waals surface area contributed by atoms with Gasteiger partial charge >= 0.3 is 0 Å². The molecule has 6 heteroatoms. The third kappa shape index (κ3) is 3.79. The number of morpholine rings is 1. The summed E-state index contributed by atoms with van der Waals surface area (Å²) < 4.78 is 5.93. The highest BCUT2D eigenvalue weighted by molar-refractivity contribution is 7.07. The second kappa shape index (κ2) is 7.70. The molecule has 1 N–H and O–H groups in total. The fraction of sp³-hybridized carbons (Fsp3) is 0.524. The average Bonchev–Trinajstić information content (AvgIpc) is 3.28. The van der Waals surface area contributed by atoms with Gasteiger partial charge in [0.1, 0.15) is 5.54 Å². The summed E-state index contributed by atoms with van der Waals surface area (Å²) in [6, 6.07) is 8.46. The Morgan fingerprint density at radius 2 is 1.93 bits per heavy atom. The fourth-order valence-corrected chi connectivity index (χ4v) is 5.07. The number of nitrogens with one attached hydrogen (secondary N) is 1. The second-order valence-electron chi connectivity index (χ2n) is 7.80. The van der Waals surface area contributed by atoms with Crippen molar-refractivity contribution in [3.63, 3.8) is 0 Å². The minimum Gasteiger partial charge on any atom is -0.373 e. The third-order valence-electron chi connectivity index (χ3n) is 5.68. The van der Waals surface area contributed by atoms with Crippen molar-refractivity contribution in [3.8, 4) is 0 Å². The van der Waals surface area contributed by atoms with Crippen LogP contribution in [0.15, 0.2) is 35.2 Å². The lowest BCUT2D eigenvalue weighted by Crippen LogP contribution is -2.64. The molecule has 4 rings (SSSR count). The molecule has 1 fully saturated rings. The highest BCUT2D eigenvalue weighted by Gasteiger charge is 2.49. The second-order valence-corrected chi connectivity index (χ2v) is 8.52. The Labute approximate surface area is 164 Å². The molecule has 1 amide bonds. The zero-order valence-corrected chi connectivity index (χ0v) is 16.8. The van der Waals surface area contributed by atoms with Gasteiger partial charge in [0.2, 0.25) is 5.91 Å². The van der Waals surface area contributed by atoms with Gasteiger partial charge < -0.3 is 10.1 Å². The molecule has 2 heterocycles. The molecule has 0 radical (unpaired) electrons. The summed E-state index contributed by atoms with van der Waals surface area (Å²) in [6.07, 6.45) is 2.58. The van der Waals surface area contributed by atoms with Crippen molar-refractivity contribution in [2.75, 3.05) is 19.6 Å². The van der Waals surface area contributed by atoms with Crippen LogP contribution >= 0.6 is 11.3 Å². The van der Waals surface area contributed by atoms with Crippen molar-refractivity contribution in [3.05, 3.63) is 52.0 Å². The van der Waals surface area contributed by atoms with Gasteiger partial charge in [0.25, 0.3) is 0 Å². The third-order valence-corrected chi connectivity index (χ3v) is 6.32. The molecule has 2 aromatic rings. The molecule has 1 saturated heterocycles. The Bertz CT molecular complexity index is 757. The Hall–Kier alpha value is -1.76. The number of carbonyl (C=O) groups excluding carboxylic acids is 1. The number of nitrogens with zero attached hydrogens (tertiary/aromatic N) is 2. The lowest BCUT2D eigenvalue weighted by atomic mass is 9.90. The number of thiazole rings is 1. The minimum absolute atomic E-state index is 0.134. The average molecular weight is 386 g/mol. The molecule has 2 aliphatic rings. The Balaban J connectivity index is 1.54. The van der Waals surface area contributed by atoms with Gasteiger partial charge in [-0.25, -0.2) is 4.98 Å². The van der Waals surface area contributed by atoms with E-state index in [2.05, 4.69) is 53.3 Å². The van der Waals surface area contributed by atoms with Crippen molar-refractivity contribution >= 4 is 17.2 Å². The van der Waals surface area contributed by atoms with Crippen LogP contribution in [0.2, 0.25) is 0 Å². The molecule has 0 unspecified atom stereocenters. The van der Waals surface area contributed by atoms with Gasteiger partial charge in [-0.1, -0.05) is 24.3 Å². The maximum absolute atomic E-state index is 13.5. The summed E-state index contributed by atoms with van der Waals surface area (Å²) in [4.78, 5) is 20.1. The molecule has 0 spiro atoms. The number of hydrogen-bond donors (Lipinski definition) is 1. The van der Waals surface area contributed by atoms with Gasteiger partial charge in [-0.05, 0) is 25.0 Å². The monoisotopic (exact) mass is 385 g/mol. The Morgan fingerprint density at radius 3 is 2.52 bits per heavy atom. The molecule has 1 aliphatic heterocycles. The van der Waals surface area contributed by atoms with E-state index in [1.165, 1.54) is 11.1 Å². The molecule has 1 aromatic heterocycles. The van der Waals surface area contributed by atoms with Gasteiger partial charge in [-0.3, -0.25) is 9.69 Å².